The molecule has 0 amide bonds. The molecule has 2 heterocycles. The fourth-order valence-electron chi connectivity index (χ4n) is 1.78. The summed E-state index contributed by atoms with van der Waals surface area (Å²) >= 11 is 5.97. The quantitative estimate of drug-likeness (QED) is 0.743. The molecule has 0 atom stereocenters. The summed E-state index contributed by atoms with van der Waals surface area (Å²) in [4.78, 5) is 4.24. The smallest absolute Gasteiger partial charge is 0.231 e. The Hall–Kier alpha value is -2.34. The van der Waals surface area contributed by atoms with Crippen molar-refractivity contribution in [2.45, 2.75) is 13.3 Å². The first-order chi connectivity index (χ1) is 10.1. The second kappa shape index (κ2) is 5.57. The van der Waals surface area contributed by atoms with Crippen LogP contribution in [0.15, 0.2) is 34.9 Å². The van der Waals surface area contributed by atoms with Crippen LogP contribution in [-0.2, 0) is 6.42 Å². The lowest BCUT2D eigenvalue weighted by Crippen LogP contribution is -1.93. The first kappa shape index (κ1) is 13.6. The molecule has 0 aliphatic heterocycles. The van der Waals surface area contributed by atoms with E-state index in [1.807, 2.05) is 13.0 Å². The van der Waals surface area contributed by atoms with Gasteiger partial charge in [-0.2, -0.15) is 10.1 Å². The van der Waals surface area contributed by atoms with E-state index in [1.165, 1.54) is 12.1 Å². The molecule has 5 nitrogen and oxygen atoms in total. The van der Waals surface area contributed by atoms with Crippen molar-refractivity contribution < 1.29 is 8.91 Å². The van der Waals surface area contributed by atoms with Gasteiger partial charge in [0.25, 0.3) is 0 Å². The van der Waals surface area contributed by atoms with Gasteiger partial charge in [-0.15, -0.1) is 5.10 Å². The van der Waals surface area contributed by atoms with E-state index in [-0.39, 0.29) is 5.82 Å². The molecule has 0 spiro atoms. The van der Waals surface area contributed by atoms with Gasteiger partial charge in [0, 0.05) is 5.02 Å². The number of aromatic nitrogens is 4. The molecule has 1 aromatic carbocycles. The molecular weight excluding hydrogens is 295 g/mol. The van der Waals surface area contributed by atoms with Gasteiger partial charge in [-0.05, 0) is 36.8 Å². The number of rotatable bonds is 3. The maximum atomic E-state index is 13.0. The van der Waals surface area contributed by atoms with Gasteiger partial charge in [-0.3, -0.25) is 0 Å². The van der Waals surface area contributed by atoms with E-state index in [9.17, 15) is 4.39 Å². The van der Waals surface area contributed by atoms with E-state index in [4.69, 9.17) is 16.1 Å². The zero-order valence-corrected chi connectivity index (χ0v) is 11.8. The molecule has 0 radical (unpaired) electrons. The monoisotopic (exact) mass is 304 g/mol. The standard InChI is InChI=1S/C14H10ClFN4O/c1-8-2-5-12(19-18-8)14-17-13(21-20-14)6-9-3-4-10(16)7-11(9)15/h2-5,7H,6H2,1H3. The molecule has 106 valence electrons. The average Bonchev–Trinajstić information content (AvgIpc) is 2.91. The van der Waals surface area contributed by atoms with Gasteiger partial charge in [0.1, 0.15) is 11.5 Å². The van der Waals surface area contributed by atoms with Gasteiger partial charge in [0.2, 0.25) is 11.7 Å². The van der Waals surface area contributed by atoms with Crippen LogP contribution in [0.4, 0.5) is 4.39 Å². The minimum absolute atomic E-state index is 0.324. The second-order valence-corrected chi connectivity index (χ2v) is 4.89. The lowest BCUT2D eigenvalue weighted by molar-refractivity contribution is 0.385. The van der Waals surface area contributed by atoms with Gasteiger partial charge in [-0.1, -0.05) is 22.8 Å². The summed E-state index contributed by atoms with van der Waals surface area (Å²) in [7, 11) is 0. The average molecular weight is 305 g/mol. The summed E-state index contributed by atoms with van der Waals surface area (Å²) in [5.74, 6) is 0.349. The Morgan fingerprint density at radius 3 is 2.76 bits per heavy atom. The highest BCUT2D eigenvalue weighted by atomic mass is 35.5. The number of hydrogen-bond acceptors (Lipinski definition) is 5. The van der Waals surface area contributed by atoms with Gasteiger partial charge < -0.3 is 4.52 Å². The minimum Gasteiger partial charge on any atom is -0.339 e. The molecule has 21 heavy (non-hydrogen) atoms. The third-order valence-electron chi connectivity index (χ3n) is 2.85. The summed E-state index contributed by atoms with van der Waals surface area (Å²) in [6.07, 6.45) is 0.325. The summed E-state index contributed by atoms with van der Waals surface area (Å²) in [6, 6.07) is 7.76. The van der Waals surface area contributed by atoms with Crippen LogP contribution in [0.2, 0.25) is 5.02 Å². The van der Waals surface area contributed by atoms with Crippen molar-refractivity contribution in [2.75, 3.05) is 0 Å². The van der Waals surface area contributed by atoms with Crippen LogP contribution >= 0.6 is 11.6 Å². The zero-order valence-electron chi connectivity index (χ0n) is 11.0. The van der Waals surface area contributed by atoms with E-state index in [0.29, 0.717) is 34.4 Å². The van der Waals surface area contributed by atoms with Crippen LogP contribution in [0.25, 0.3) is 11.5 Å². The zero-order chi connectivity index (χ0) is 14.8. The van der Waals surface area contributed by atoms with Crippen LogP contribution in [-0.4, -0.2) is 20.3 Å². The molecule has 0 N–H and O–H groups in total. The molecule has 0 aliphatic rings. The van der Waals surface area contributed by atoms with Crippen molar-refractivity contribution in [3.05, 3.63) is 58.3 Å². The van der Waals surface area contributed by atoms with Crippen molar-refractivity contribution >= 4 is 11.6 Å². The van der Waals surface area contributed by atoms with Crippen molar-refractivity contribution in [3.8, 4) is 11.5 Å². The summed E-state index contributed by atoms with van der Waals surface area (Å²) in [5.41, 5.74) is 2.05. The van der Waals surface area contributed by atoms with E-state index in [1.54, 1.807) is 12.1 Å². The van der Waals surface area contributed by atoms with Crippen LogP contribution in [0.1, 0.15) is 17.1 Å². The number of benzene rings is 1. The SMILES string of the molecule is Cc1ccc(-c2noc(Cc3ccc(F)cc3Cl)n2)nn1. The molecular formula is C14H10ClFN4O. The lowest BCUT2D eigenvalue weighted by atomic mass is 10.1. The van der Waals surface area contributed by atoms with E-state index < -0.39 is 0 Å². The van der Waals surface area contributed by atoms with Gasteiger partial charge >= 0.3 is 0 Å². The third kappa shape index (κ3) is 3.05. The molecule has 0 fully saturated rings. The van der Waals surface area contributed by atoms with Crippen LogP contribution in [0, 0.1) is 12.7 Å². The molecule has 0 saturated carbocycles. The second-order valence-electron chi connectivity index (χ2n) is 4.48. The van der Waals surface area contributed by atoms with E-state index in [2.05, 4.69) is 20.3 Å². The Morgan fingerprint density at radius 1 is 1.19 bits per heavy atom. The highest BCUT2D eigenvalue weighted by Gasteiger charge is 2.12. The fraction of sp³-hybridized carbons (Fsp3) is 0.143. The van der Waals surface area contributed by atoms with E-state index in [0.717, 1.165) is 5.69 Å². The van der Waals surface area contributed by atoms with Crippen molar-refractivity contribution in [1.82, 2.24) is 20.3 Å². The maximum Gasteiger partial charge on any atom is 0.231 e. The van der Waals surface area contributed by atoms with Crippen LogP contribution in [0.5, 0.6) is 0 Å². The Morgan fingerprint density at radius 2 is 2.05 bits per heavy atom. The van der Waals surface area contributed by atoms with Gasteiger partial charge in [-0.25, -0.2) is 4.39 Å². The molecule has 0 aliphatic carbocycles. The number of hydrogen-bond donors (Lipinski definition) is 0. The Bertz CT molecular complexity index is 773. The van der Waals surface area contributed by atoms with E-state index >= 15 is 0 Å². The lowest BCUT2D eigenvalue weighted by Gasteiger charge is -2.00. The van der Waals surface area contributed by atoms with Gasteiger partial charge in [0.05, 0.1) is 12.1 Å². The first-order valence-electron chi connectivity index (χ1n) is 6.19. The van der Waals surface area contributed by atoms with Crippen molar-refractivity contribution in [3.63, 3.8) is 0 Å². The van der Waals surface area contributed by atoms with Crippen LogP contribution < -0.4 is 0 Å². The fourth-order valence-corrected chi connectivity index (χ4v) is 2.01. The highest BCUT2D eigenvalue weighted by Crippen LogP contribution is 2.21. The first-order valence-corrected chi connectivity index (χ1v) is 6.57. The Balaban J connectivity index is 1.83. The van der Waals surface area contributed by atoms with Gasteiger partial charge in [0.15, 0.2) is 0 Å². The molecule has 3 aromatic rings. The summed E-state index contributed by atoms with van der Waals surface area (Å²) < 4.78 is 18.2. The largest absolute Gasteiger partial charge is 0.339 e. The number of halogens is 2. The number of aryl methyl sites for hydroxylation is 1. The molecule has 2 aromatic heterocycles. The summed E-state index contributed by atoms with van der Waals surface area (Å²) in [5, 5.41) is 12.1. The topological polar surface area (TPSA) is 64.7 Å². The van der Waals surface area contributed by atoms with Crippen molar-refractivity contribution in [1.29, 1.82) is 0 Å². The maximum absolute atomic E-state index is 13.0. The van der Waals surface area contributed by atoms with Crippen LogP contribution in [0.3, 0.4) is 0 Å². The Labute approximate surface area is 124 Å². The molecule has 0 saturated heterocycles. The molecule has 0 unspecified atom stereocenters. The predicted molar refractivity (Wildman–Crippen MR) is 74.3 cm³/mol. The van der Waals surface area contributed by atoms with Crippen molar-refractivity contribution in [2.24, 2.45) is 0 Å². The summed E-state index contributed by atoms with van der Waals surface area (Å²) in [6.45, 7) is 1.84. The minimum atomic E-state index is -0.384. The molecule has 7 heteroatoms. The third-order valence-corrected chi connectivity index (χ3v) is 3.20. The highest BCUT2D eigenvalue weighted by molar-refractivity contribution is 6.31. The molecule has 0 bridgehead atoms. The molecule has 3 rings (SSSR count). The number of nitrogens with zero attached hydrogens (tertiary/aromatic N) is 4. The predicted octanol–water partition coefficient (Wildman–Crippen LogP) is 3.22. The Kier molecular flexibility index (Phi) is 3.62. The normalized spacial score (nSPS) is 10.8.